The fraction of sp³-hybridized carbons (Fsp3) is 0.429. The van der Waals surface area contributed by atoms with Crippen LogP contribution in [0.4, 0.5) is 0 Å². The van der Waals surface area contributed by atoms with Gasteiger partial charge in [0.2, 0.25) is 5.82 Å². The molecule has 1 fully saturated rings. The number of hydrogen-bond acceptors (Lipinski definition) is 6. The van der Waals surface area contributed by atoms with Crippen LogP contribution in [0.2, 0.25) is 0 Å². The Kier molecular flexibility index (Phi) is 3.10. The minimum absolute atomic E-state index is 0.0725. The van der Waals surface area contributed by atoms with Gasteiger partial charge in [-0.2, -0.15) is 4.98 Å². The Morgan fingerprint density at radius 3 is 2.70 bits per heavy atom. The van der Waals surface area contributed by atoms with E-state index in [1.165, 1.54) is 13.2 Å². The van der Waals surface area contributed by atoms with Crippen molar-refractivity contribution >= 4 is 0 Å². The lowest BCUT2D eigenvalue weighted by Gasteiger charge is -2.37. The smallest absolute Gasteiger partial charge is 0.258 e. The third kappa shape index (κ3) is 1.92. The Hall–Kier alpha value is -2.08. The topological polar surface area (TPSA) is 77.6 Å². The Morgan fingerprint density at radius 2 is 2.10 bits per heavy atom. The van der Waals surface area contributed by atoms with E-state index in [0.29, 0.717) is 23.0 Å². The molecule has 106 valence electrons. The summed E-state index contributed by atoms with van der Waals surface area (Å²) >= 11 is 0. The van der Waals surface area contributed by atoms with Gasteiger partial charge in [-0.1, -0.05) is 5.16 Å². The Morgan fingerprint density at radius 1 is 1.30 bits per heavy atom. The summed E-state index contributed by atoms with van der Waals surface area (Å²) in [7, 11) is 3.16. The SMILES string of the molecule is COc1cc(-c2nc(C3(OC)CCC3)no2)ccc1O. The molecule has 1 aliphatic rings. The minimum atomic E-state index is -0.400. The number of hydrogen-bond donors (Lipinski definition) is 1. The number of methoxy groups -OCH3 is 2. The standard InChI is InChI=1S/C14H16N2O4/c1-18-11-8-9(4-5-10(11)17)12-15-13(16-20-12)14(19-2)6-3-7-14/h4-5,8,17H,3,6-7H2,1-2H3. The summed E-state index contributed by atoms with van der Waals surface area (Å²) in [6, 6.07) is 4.90. The highest BCUT2D eigenvalue weighted by Crippen LogP contribution is 2.43. The number of ether oxygens (including phenoxy) is 2. The normalized spacial score (nSPS) is 16.7. The summed E-state index contributed by atoms with van der Waals surface area (Å²) in [6.07, 6.45) is 2.91. The lowest BCUT2D eigenvalue weighted by molar-refractivity contribution is -0.0858. The number of rotatable bonds is 4. The molecule has 0 radical (unpaired) electrons. The summed E-state index contributed by atoms with van der Waals surface area (Å²) in [6.45, 7) is 0. The average Bonchev–Trinajstić information content (AvgIpc) is 2.89. The van der Waals surface area contributed by atoms with Crippen molar-refractivity contribution < 1.29 is 19.1 Å². The van der Waals surface area contributed by atoms with E-state index in [2.05, 4.69) is 10.1 Å². The molecule has 1 aromatic heterocycles. The van der Waals surface area contributed by atoms with Gasteiger partial charge in [-0.15, -0.1) is 0 Å². The number of benzene rings is 1. The lowest BCUT2D eigenvalue weighted by Crippen LogP contribution is -2.37. The highest BCUT2D eigenvalue weighted by Gasteiger charge is 2.43. The second kappa shape index (κ2) is 4.79. The lowest BCUT2D eigenvalue weighted by atomic mass is 9.79. The predicted octanol–water partition coefficient (Wildman–Crippen LogP) is 2.48. The quantitative estimate of drug-likeness (QED) is 0.924. The molecule has 20 heavy (non-hydrogen) atoms. The van der Waals surface area contributed by atoms with Crippen molar-refractivity contribution in [2.24, 2.45) is 0 Å². The van der Waals surface area contributed by atoms with Gasteiger partial charge >= 0.3 is 0 Å². The summed E-state index contributed by atoms with van der Waals surface area (Å²) in [4.78, 5) is 4.41. The van der Waals surface area contributed by atoms with Crippen LogP contribution in [0.5, 0.6) is 11.5 Å². The molecule has 0 aliphatic heterocycles. The maximum atomic E-state index is 9.59. The second-order valence-corrected chi connectivity index (χ2v) is 4.86. The summed E-state index contributed by atoms with van der Waals surface area (Å²) in [5, 5.41) is 13.6. The van der Waals surface area contributed by atoms with E-state index in [4.69, 9.17) is 14.0 Å². The van der Waals surface area contributed by atoms with Gasteiger partial charge in [-0.25, -0.2) is 0 Å². The van der Waals surface area contributed by atoms with E-state index in [1.54, 1.807) is 19.2 Å². The van der Waals surface area contributed by atoms with Crippen molar-refractivity contribution in [3.63, 3.8) is 0 Å². The number of phenolic OH excluding ortho intramolecular Hbond substituents is 1. The van der Waals surface area contributed by atoms with Gasteiger partial charge in [0, 0.05) is 12.7 Å². The van der Waals surface area contributed by atoms with Gasteiger partial charge in [0.15, 0.2) is 11.5 Å². The van der Waals surface area contributed by atoms with Crippen LogP contribution in [-0.4, -0.2) is 29.5 Å². The van der Waals surface area contributed by atoms with E-state index in [9.17, 15) is 5.11 Å². The molecule has 0 atom stereocenters. The molecule has 1 saturated carbocycles. The molecule has 0 saturated heterocycles. The monoisotopic (exact) mass is 276 g/mol. The molecule has 1 aliphatic carbocycles. The number of aromatic nitrogens is 2. The number of phenols is 1. The first-order chi connectivity index (χ1) is 9.68. The van der Waals surface area contributed by atoms with Crippen molar-refractivity contribution in [2.45, 2.75) is 24.9 Å². The molecule has 1 N–H and O–H groups in total. The molecule has 6 heteroatoms. The molecule has 0 spiro atoms. The van der Waals surface area contributed by atoms with Crippen LogP contribution in [-0.2, 0) is 10.3 Å². The third-order valence-corrected chi connectivity index (χ3v) is 3.81. The van der Waals surface area contributed by atoms with E-state index >= 15 is 0 Å². The van der Waals surface area contributed by atoms with Crippen LogP contribution in [0, 0.1) is 0 Å². The first kappa shape index (κ1) is 12.9. The third-order valence-electron chi connectivity index (χ3n) is 3.81. The van der Waals surface area contributed by atoms with Crippen LogP contribution in [0.15, 0.2) is 22.7 Å². The average molecular weight is 276 g/mol. The summed E-state index contributed by atoms with van der Waals surface area (Å²) < 4.78 is 15.9. The Bertz CT molecular complexity index is 614. The van der Waals surface area contributed by atoms with Gasteiger partial charge < -0.3 is 19.1 Å². The zero-order chi connectivity index (χ0) is 14.2. The first-order valence-corrected chi connectivity index (χ1v) is 6.45. The van der Waals surface area contributed by atoms with Crippen molar-refractivity contribution in [2.75, 3.05) is 14.2 Å². The van der Waals surface area contributed by atoms with Gasteiger partial charge in [0.05, 0.1) is 7.11 Å². The van der Waals surface area contributed by atoms with Gasteiger partial charge in [0.1, 0.15) is 5.60 Å². The van der Waals surface area contributed by atoms with Crippen molar-refractivity contribution in [1.82, 2.24) is 10.1 Å². The van der Waals surface area contributed by atoms with Crippen molar-refractivity contribution in [3.8, 4) is 23.0 Å². The van der Waals surface area contributed by atoms with E-state index in [0.717, 1.165) is 19.3 Å². The Balaban J connectivity index is 1.94. The Labute approximate surface area is 116 Å². The van der Waals surface area contributed by atoms with Gasteiger partial charge in [-0.3, -0.25) is 0 Å². The molecule has 0 bridgehead atoms. The van der Waals surface area contributed by atoms with Crippen molar-refractivity contribution in [1.29, 1.82) is 0 Å². The minimum Gasteiger partial charge on any atom is -0.504 e. The van der Waals surface area contributed by atoms with E-state index in [1.807, 2.05) is 0 Å². The fourth-order valence-corrected chi connectivity index (χ4v) is 2.35. The predicted molar refractivity (Wildman–Crippen MR) is 70.5 cm³/mol. The summed E-state index contributed by atoms with van der Waals surface area (Å²) in [5.74, 6) is 1.41. The zero-order valence-corrected chi connectivity index (χ0v) is 11.4. The molecule has 2 aromatic rings. The zero-order valence-electron chi connectivity index (χ0n) is 11.4. The molecule has 6 nitrogen and oxygen atoms in total. The molecule has 3 rings (SSSR count). The van der Waals surface area contributed by atoms with Crippen LogP contribution < -0.4 is 4.74 Å². The fourth-order valence-electron chi connectivity index (χ4n) is 2.35. The highest BCUT2D eigenvalue weighted by molar-refractivity contribution is 5.59. The van der Waals surface area contributed by atoms with Crippen molar-refractivity contribution in [3.05, 3.63) is 24.0 Å². The molecule has 0 amide bonds. The first-order valence-electron chi connectivity index (χ1n) is 6.45. The molecule has 0 unspecified atom stereocenters. The van der Waals surface area contributed by atoms with Crippen LogP contribution in [0.25, 0.3) is 11.5 Å². The second-order valence-electron chi connectivity index (χ2n) is 4.86. The molecular weight excluding hydrogens is 260 g/mol. The molecule has 1 heterocycles. The summed E-state index contributed by atoms with van der Waals surface area (Å²) in [5.41, 5.74) is 0.298. The van der Waals surface area contributed by atoms with Gasteiger partial charge in [0.25, 0.3) is 5.89 Å². The van der Waals surface area contributed by atoms with Crippen LogP contribution in [0.3, 0.4) is 0 Å². The van der Waals surface area contributed by atoms with Crippen LogP contribution >= 0.6 is 0 Å². The highest BCUT2D eigenvalue weighted by atomic mass is 16.5. The van der Waals surface area contributed by atoms with E-state index in [-0.39, 0.29) is 5.75 Å². The largest absolute Gasteiger partial charge is 0.504 e. The van der Waals surface area contributed by atoms with Crippen LogP contribution in [0.1, 0.15) is 25.1 Å². The van der Waals surface area contributed by atoms with Gasteiger partial charge in [-0.05, 0) is 37.5 Å². The molecular formula is C14H16N2O4. The molecule has 1 aromatic carbocycles. The van der Waals surface area contributed by atoms with E-state index < -0.39 is 5.60 Å². The number of aromatic hydroxyl groups is 1. The maximum Gasteiger partial charge on any atom is 0.258 e. The number of nitrogens with zero attached hydrogens (tertiary/aromatic N) is 2. The maximum absolute atomic E-state index is 9.59.